The number of nitrogens with one attached hydrogen (secondary N) is 1. The summed E-state index contributed by atoms with van der Waals surface area (Å²) in [6.07, 6.45) is 2.27. The number of carbonyl (C=O) groups excluding carboxylic acids is 3. The number of benzene rings is 3. The first-order chi connectivity index (χ1) is 21.2. The smallest absolute Gasteiger partial charge is 0.254 e. The van der Waals surface area contributed by atoms with Crippen LogP contribution in [-0.4, -0.2) is 52.7 Å². The molecule has 9 nitrogen and oxygen atoms in total. The van der Waals surface area contributed by atoms with Crippen molar-refractivity contribution in [3.05, 3.63) is 111 Å². The van der Waals surface area contributed by atoms with Gasteiger partial charge in [-0.25, -0.2) is 4.39 Å². The fraction of sp³-hybridized carbons (Fsp3) is 0.382. The van der Waals surface area contributed by atoms with Gasteiger partial charge in [0.1, 0.15) is 5.82 Å². The van der Waals surface area contributed by atoms with Crippen molar-refractivity contribution in [2.45, 2.75) is 65.1 Å². The second kappa shape index (κ2) is 15.2. The van der Waals surface area contributed by atoms with E-state index in [1.54, 1.807) is 24.0 Å². The normalized spacial score (nSPS) is 14.3. The predicted molar refractivity (Wildman–Crippen MR) is 168 cm³/mol. The van der Waals surface area contributed by atoms with E-state index in [0.717, 1.165) is 24.0 Å². The van der Waals surface area contributed by atoms with Gasteiger partial charge in [0.2, 0.25) is 5.91 Å². The van der Waals surface area contributed by atoms with Crippen molar-refractivity contribution in [1.82, 2.24) is 9.80 Å². The van der Waals surface area contributed by atoms with Crippen molar-refractivity contribution in [3.8, 4) is 0 Å². The summed E-state index contributed by atoms with van der Waals surface area (Å²) in [6, 6.07) is 19.1. The Morgan fingerprint density at radius 2 is 1.73 bits per heavy atom. The van der Waals surface area contributed by atoms with Gasteiger partial charge in [-0.05, 0) is 78.7 Å². The minimum Gasteiger partial charge on any atom is -0.339 e. The maximum absolute atomic E-state index is 14.0. The highest BCUT2D eigenvalue weighted by Gasteiger charge is 2.38. The molecule has 1 aliphatic heterocycles. The Balaban J connectivity index is 1.60. The van der Waals surface area contributed by atoms with E-state index in [1.165, 1.54) is 24.3 Å². The summed E-state index contributed by atoms with van der Waals surface area (Å²) in [6.45, 7) is 7.37. The van der Waals surface area contributed by atoms with Crippen LogP contribution >= 0.6 is 0 Å². The van der Waals surface area contributed by atoms with Crippen LogP contribution in [0.25, 0.3) is 10.4 Å². The zero-order valence-corrected chi connectivity index (χ0v) is 25.4. The van der Waals surface area contributed by atoms with Gasteiger partial charge in [0, 0.05) is 53.3 Å². The van der Waals surface area contributed by atoms with Crippen LogP contribution < -0.4 is 5.32 Å². The quantitative estimate of drug-likeness (QED) is 0.122. The molecule has 1 aliphatic rings. The maximum Gasteiger partial charge on any atom is 0.254 e. The average Bonchev–Trinajstić information content (AvgIpc) is 3.35. The number of azide groups is 1. The fourth-order valence-electron chi connectivity index (χ4n) is 5.69. The largest absolute Gasteiger partial charge is 0.339 e. The van der Waals surface area contributed by atoms with Crippen molar-refractivity contribution in [3.63, 3.8) is 0 Å². The van der Waals surface area contributed by atoms with Crippen molar-refractivity contribution in [2.75, 3.05) is 18.4 Å². The molecule has 0 aliphatic carbocycles. The molecule has 0 radical (unpaired) electrons. The number of amides is 3. The fourth-order valence-corrected chi connectivity index (χ4v) is 5.69. The number of rotatable bonds is 14. The van der Waals surface area contributed by atoms with Gasteiger partial charge in [-0.1, -0.05) is 62.3 Å². The van der Waals surface area contributed by atoms with Crippen LogP contribution in [0.1, 0.15) is 71.9 Å². The lowest BCUT2D eigenvalue weighted by Crippen LogP contribution is -2.45. The Bertz CT molecular complexity index is 1500. The summed E-state index contributed by atoms with van der Waals surface area (Å²) in [5, 5.41) is 6.89. The lowest BCUT2D eigenvalue weighted by molar-refractivity contribution is -0.119. The molecule has 0 saturated heterocycles. The van der Waals surface area contributed by atoms with Crippen molar-refractivity contribution >= 4 is 23.4 Å². The summed E-state index contributed by atoms with van der Waals surface area (Å²) < 4.78 is 13.3. The first-order valence-electron chi connectivity index (χ1n) is 15.1. The predicted octanol–water partition coefficient (Wildman–Crippen LogP) is 7.00. The van der Waals surface area contributed by atoms with Crippen molar-refractivity contribution < 1.29 is 18.8 Å². The van der Waals surface area contributed by atoms with Crippen molar-refractivity contribution in [1.29, 1.82) is 0 Å². The summed E-state index contributed by atoms with van der Waals surface area (Å²) in [7, 11) is 0. The summed E-state index contributed by atoms with van der Waals surface area (Å²) in [4.78, 5) is 47.0. The molecule has 0 spiro atoms. The van der Waals surface area contributed by atoms with Gasteiger partial charge >= 0.3 is 0 Å². The second-order valence-electron chi connectivity index (χ2n) is 11.3. The molecule has 3 aromatic carbocycles. The second-order valence-corrected chi connectivity index (χ2v) is 11.3. The number of carbonyl (C=O) groups is 3. The third kappa shape index (κ3) is 7.82. The van der Waals surface area contributed by atoms with Crippen LogP contribution in [0, 0.1) is 11.7 Å². The molecule has 44 heavy (non-hydrogen) atoms. The van der Waals surface area contributed by atoms with E-state index in [2.05, 4.69) is 15.3 Å². The summed E-state index contributed by atoms with van der Waals surface area (Å²) in [5.41, 5.74) is 12.7. The van der Waals surface area contributed by atoms with Crippen LogP contribution in [0.4, 0.5) is 10.1 Å². The molecule has 3 aromatic rings. The summed E-state index contributed by atoms with van der Waals surface area (Å²) >= 11 is 0. The number of fused-ring (bicyclic) bond motifs is 1. The molecule has 0 bridgehead atoms. The van der Waals surface area contributed by atoms with E-state index in [1.807, 2.05) is 55.1 Å². The Kier molecular flexibility index (Phi) is 11.1. The van der Waals surface area contributed by atoms with Gasteiger partial charge < -0.3 is 15.1 Å². The van der Waals surface area contributed by atoms with Gasteiger partial charge in [-0.3, -0.25) is 14.4 Å². The van der Waals surface area contributed by atoms with Gasteiger partial charge in [-0.2, -0.15) is 0 Å². The van der Waals surface area contributed by atoms with E-state index < -0.39 is 23.8 Å². The molecule has 0 saturated carbocycles. The van der Waals surface area contributed by atoms with Gasteiger partial charge in [-0.15, -0.1) is 0 Å². The lowest BCUT2D eigenvalue weighted by atomic mass is 9.91. The topological polar surface area (TPSA) is 118 Å². The Morgan fingerprint density at radius 1 is 1.05 bits per heavy atom. The monoisotopic (exact) mass is 598 g/mol. The molecule has 0 unspecified atom stereocenters. The van der Waals surface area contributed by atoms with E-state index in [9.17, 15) is 24.3 Å². The van der Waals surface area contributed by atoms with E-state index in [0.29, 0.717) is 42.9 Å². The minimum absolute atomic E-state index is 0.100. The molecule has 0 aromatic heterocycles. The Morgan fingerprint density at radius 3 is 2.36 bits per heavy atom. The number of hydrogen-bond acceptors (Lipinski definition) is 4. The van der Waals surface area contributed by atoms with Crippen molar-refractivity contribution in [2.24, 2.45) is 11.0 Å². The SMILES string of the molecule is CCCN(CCC)C(=O)c1ccc2c(c1)C(=O)N([C@@H](Cc1ccccc1)[C@H](C[C@@H](C)C(=O)Nc1ccc(F)cc1)N=[N+]=[N-])C2. The molecule has 10 heteroatoms. The number of nitrogens with zero attached hydrogens (tertiary/aromatic N) is 5. The highest BCUT2D eigenvalue weighted by Crippen LogP contribution is 2.31. The molecular weight excluding hydrogens is 559 g/mol. The highest BCUT2D eigenvalue weighted by molar-refractivity contribution is 6.02. The van der Waals surface area contributed by atoms with Gasteiger partial charge in [0.25, 0.3) is 11.8 Å². The molecule has 230 valence electrons. The number of halogens is 1. The van der Waals surface area contributed by atoms with Crippen LogP contribution in [0.3, 0.4) is 0 Å². The molecule has 1 N–H and O–H groups in total. The third-order valence-corrected chi connectivity index (χ3v) is 7.95. The molecule has 1 heterocycles. The van der Waals surface area contributed by atoms with E-state index >= 15 is 0 Å². The standard InChI is InChI=1S/C34H39FN6O3/c1-4-17-40(18-5-2)33(43)25-11-12-26-22-41(34(44)29(26)21-25)31(20-24-9-7-6-8-10-24)30(38-39-36)19-23(3)32(42)37-28-15-13-27(35)14-16-28/h6-16,21,23,30-31H,4-5,17-20,22H2,1-3H3,(H,37,42)/t23-,30+,31+/m1/s1. The summed E-state index contributed by atoms with van der Waals surface area (Å²) in [5.74, 6) is -1.64. The van der Waals surface area contributed by atoms with Gasteiger partial charge in [0.05, 0.1) is 6.04 Å². The Labute approximate surface area is 257 Å². The zero-order chi connectivity index (χ0) is 31.6. The lowest BCUT2D eigenvalue weighted by Gasteiger charge is -2.33. The molecule has 0 fully saturated rings. The highest BCUT2D eigenvalue weighted by atomic mass is 19.1. The minimum atomic E-state index is -0.724. The number of anilines is 1. The Hall–Kier alpha value is -4.69. The third-order valence-electron chi connectivity index (χ3n) is 7.95. The first kappa shape index (κ1) is 32.2. The van der Waals surface area contributed by atoms with Crippen LogP contribution in [-0.2, 0) is 17.8 Å². The molecular formula is C34H39FN6O3. The zero-order valence-electron chi connectivity index (χ0n) is 25.4. The van der Waals surface area contributed by atoms with Crippen LogP contribution in [0.5, 0.6) is 0 Å². The van der Waals surface area contributed by atoms with Crippen LogP contribution in [0.15, 0.2) is 77.9 Å². The molecule has 3 amide bonds. The number of hydrogen-bond donors (Lipinski definition) is 1. The van der Waals surface area contributed by atoms with Crippen LogP contribution in [0.2, 0.25) is 0 Å². The molecule has 3 atom stereocenters. The van der Waals surface area contributed by atoms with Gasteiger partial charge in [0.15, 0.2) is 0 Å². The maximum atomic E-state index is 14.0. The van der Waals surface area contributed by atoms with E-state index in [-0.39, 0.29) is 24.1 Å². The first-order valence-corrected chi connectivity index (χ1v) is 15.1. The molecule has 4 rings (SSSR count). The average molecular weight is 599 g/mol. The van der Waals surface area contributed by atoms with E-state index in [4.69, 9.17) is 0 Å².